The molecule has 0 saturated heterocycles. The largest absolute Gasteiger partial charge is 0.370 e. The predicted octanol–water partition coefficient (Wildman–Crippen LogP) is -0.0897. The number of amides is 1. The van der Waals surface area contributed by atoms with Crippen molar-refractivity contribution in [2.45, 2.75) is 0 Å². The fourth-order valence-corrected chi connectivity index (χ4v) is 1.19. The molecule has 0 heterocycles. The topological polar surface area (TPSA) is 105 Å². The van der Waals surface area contributed by atoms with Gasteiger partial charge in [-0.2, -0.15) is 0 Å². The zero-order valence-electron chi connectivity index (χ0n) is 8.29. The Bertz CT molecular complexity index is 419. The molecule has 1 aromatic rings. The van der Waals surface area contributed by atoms with Crippen LogP contribution in [0.25, 0.3) is 0 Å². The third kappa shape index (κ3) is 4.20. The molecule has 1 unspecified atom stereocenters. The van der Waals surface area contributed by atoms with E-state index in [1.807, 2.05) is 0 Å². The van der Waals surface area contributed by atoms with E-state index < -0.39 is 17.0 Å². The molecule has 1 rings (SSSR count). The summed E-state index contributed by atoms with van der Waals surface area (Å²) in [6.45, 7) is 0. The van der Waals surface area contributed by atoms with Gasteiger partial charge in [0.05, 0.1) is 0 Å². The fraction of sp³-hybridized carbons (Fsp3) is 0.111. The number of nitrogens with two attached hydrogens (primary N) is 1. The summed E-state index contributed by atoms with van der Waals surface area (Å²) in [6, 6.07) is 8.44. The first-order valence-corrected chi connectivity index (χ1v) is 5.61. The maximum atomic E-state index is 11.5. The minimum absolute atomic E-state index is 0.184. The normalized spacial score (nSPS) is 13.2. The van der Waals surface area contributed by atoms with Crippen molar-refractivity contribution in [2.24, 2.45) is 10.7 Å². The van der Waals surface area contributed by atoms with E-state index in [2.05, 4.69) is 10.3 Å². The van der Waals surface area contributed by atoms with E-state index >= 15 is 0 Å². The van der Waals surface area contributed by atoms with Gasteiger partial charge >= 0.3 is 0 Å². The van der Waals surface area contributed by atoms with E-state index in [1.165, 1.54) is 0 Å². The van der Waals surface area contributed by atoms with Crippen LogP contribution >= 0.6 is 0 Å². The molecule has 7 heteroatoms. The lowest BCUT2D eigenvalue weighted by Crippen LogP contribution is -2.37. The van der Waals surface area contributed by atoms with Crippen molar-refractivity contribution >= 4 is 22.9 Å². The van der Waals surface area contributed by atoms with Gasteiger partial charge in [-0.05, 0) is 12.1 Å². The standard InChI is InChI=1S/C9H11N3O3S/c10-9(11-6-16(14)15)12-8(13)7-4-2-1-3-5-7/h1-5H,6H2,(H,14,15)(H3,10,11,12,13). The van der Waals surface area contributed by atoms with E-state index in [1.54, 1.807) is 30.3 Å². The highest BCUT2D eigenvalue weighted by molar-refractivity contribution is 7.79. The van der Waals surface area contributed by atoms with Gasteiger partial charge in [-0.25, -0.2) is 9.20 Å². The molecule has 0 bridgehead atoms. The Balaban J connectivity index is 2.58. The number of aliphatic imine (C=N–C) groups is 1. The third-order valence-electron chi connectivity index (χ3n) is 1.62. The minimum atomic E-state index is -2.06. The molecule has 16 heavy (non-hydrogen) atoms. The Labute approximate surface area is 94.9 Å². The highest BCUT2D eigenvalue weighted by atomic mass is 32.2. The molecule has 1 amide bonds. The minimum Gasteiger partial charge on any atom is -0.370 e. The van der Waals surface area contributed by atoms with Crippen LogP contribution < -0.4 is 11.1 Å². The smallest absolute Gasteiger partial charge is 0.257 e. The molecule has 0 aliphatic carbocycles. The summed E-state index contributed by atoms with van der Waals surface area (Å²) in [5.41, 5.74) is 5.77. The quantitative estimate of drug-likeness (QED) is 0.390. The van der Waals surface area contributed by atoms with Crippen LogP contribution in [0.4, 0.5) is 0 Å². The van der Waals surface area contributed by atoms with Gasteiger partial charge in [-0.15, -0.1) is 0 Å². The number of hydrogen-bond acceptors (Lipinski definition) is 3. The molecular formula is C9H11N3O3S. The average molecular weight is 241 g/mol. The van der Waals surface area contributed by atoms with Crippen molar-refractivity contribution < 1.29 is 13.6 Å². The number of guanidine groups is 1. The molecule has 0 aliphatic rings. The SMILES string of the molecule is NC(=NCS(=O)O)NC(=O)c1ccccc1. The lowest BCUT2D eigenvalue weighted by atomic mass is 10.2. The molecule has 0 aromatic heterocycles. The van der Waals surface area contributed by atoms with Crippen molar-refractivity contribution in [3.05, 3.63) is 35.9 Å². The molecule has 86 valence electrons. The second-order valence-corrected chi connectivity index (χ2v) is 3.72. The van der Waals surface area contributed by atoms with Gasteiger partial charge in [0.15, 0.2) is 17.0 Å². The van der Waals surface area contributed by atoms with Crippen molar-refractivity contribution in [3.8, 4) is 0 Å². The lowest BCUT2D eigenvalue weighted by Gasteiger charge is -2.03. The summed E-state index contributed by atoms with van der Waals surface area (Å²) < 4.78 is 18.7. The number of hydrogen-bond donors (Lipinski definition) is 3. The first kappa shape index (κ1) is 12.3. The average Bonchev–Trinajstić information content (AvgIpc) is 2.27. The van der Waals surface area contributed by atoms with Crippen LogP contribution in [0.3, 0.4) is 0 Å². The molecule has 0 radical (unpaired) electrons. The van der Waals surface area contributed by atoms with Gasteiger partial charge in [-0.3, -0.25) is 10.1 Å². The van der Waals surface area contributed by atoms with Gasteiger partial charge < -0.3 is 10.3 Å². The van der Waals surface area contributed by atoms with Crippen LogP contribution in [0.15, 0.2) is 35.3 Å². The monoisotopic (exact) mass is 241 g/mol. The highest BCUT2D eigenvalue weighted by Crippen LogP contribution is 1.97. The van der Waals surface area contributed by atoms with Crippen LogP contribution in [0, 0.1) is 0 Å². The van der Waals surface area contributed by atoms with Crippen LogP contribution in [0.2, 0.25) is 0 Å². The molecular weight excluding hydrogens is 230 g/mol. The molecule has 0 aliphatic heterocycles. The van der Waals surface area contributed by atoms with E-state index in [0.29, 0.717) is 5.56 Å². The number of benzene rings is 1. The predicted molar refractivity (Wildman–Crippen MR) is 61.2 cm³/mol. The number of nitrogens with one attached hydrogen (secondary N) is 1. The van der Waals surface area contributed by atoms with Gasteiger partial charge in [0.2, 0.25) is 0 Å². The zero-order chi connectivity index (χ0) is 12.0. The van der Waals surface area contributed by atoms with Gasteiger partial charge in [0.25, 0.3) is 5.91 Å². The summed E-state index contributed by atoms with van der Waals surface area (Å²) in [5.74, 6) is -0.956. The Morgan fingerprint density at radius 1 is 1.44 bits per heavy atom. The zero-order valence-corrected chi connectivity index (χ0v) is 9.11. The summed E-state index contributed by atoms with van der Waals surface area (Å²) in [6.07, 6.45) is 0. The molecule has 1 atom stereocenters. The van der Waals surface area contributed by atoms with Gasteiger partial charge in [0.1, 0.15) is 5.88 Å². The number of rotatable bonds is 3. The highest BCUT2D eigenvalue weighted by Gasteiger charge is 2.05. The van der Waals surface area contributed by atoms with Crippen LogP contribution in [-0.2, 0) is 11.1 Å². The van der Waals surface area contributed by atoms with E-state index in [0.717, 1.165) is 0 Å². The second-order valence-electron chi connectivity index (χ2n) is 2.81. The number of nitrogens with zero attached hydrogens (tertiary/aromatic N) is 1. The summed E-state index contributed by atoms with van der Waals surface area (Å²) in [4.78, 5) is 15.0. The Morgan fingerprint density at radius 3 is 2.62 bits per heavy atom. The van der Waals surface area contributed by atoms with E-state index in [9.17, 15) is 9.00 Å². The second kappa shape index (κ2) is 5.99. The van der Waals surface area contributed by atoms with Crippen molar-refractivity contribution in [2.75, 3.05) is 5.88 Å². The maximum Gasteiger partial charge on any atom is 0.257 e. The fourth-order valence-electron chi connectivity index (χ4n) is 0.942. The van der Waals surface area contributed by atoms with Crippen LogP contribution in [-0.4, -0.2) is 26.5 Å². The molecule has 1 aromatic carbocycles. The maximum absolute atomic E-state index is 11.5. The first-order valence-electron chi connectivity index (χ1n) is 4.33. The number of carbonyl (C=O) groups is 1. The van der Waals surface area contributed by atoms with E-state index in [4.69, 9.17) is 10.3 Å². The molecule has 0 spiro atoms. The van der Waals surface area contributed by atoms with Gasteiger partial charge in [-0.1, -0.05) is 18.2 Å². The Morgan fingerprint density at radius 2 is 2.06 bits per heavy atom. The van der Waals surface area contributed by atoms with Crippen molar-refractivity contribution in [1.82, 2.24) is 5.32 Å². The van der Waals surface area contributed by atoms with Crippen LogP contribution in [0.1, 0.15) is 10.4 Å². The third-order valence-corrected chi connectivity index (χ3v) is 1.97. The van der Waals surface area contributed by atoms with Crippen LogP contribution in [0.5, 0.6) is 0 Å². The summed E-state index contributed by atoms with van der Waals surface area (Å²) in [5, 5.41) is 2.29. The molecule has 0 fully saturated rings. The number of carbonyl (C=O) groups excluding carboxylic acids is 1. The summed E-state index contributed by atoms with van der Waals surface area (Å²) >= 11 is -2.06. The Hall–Kier alpha value is -1.73. The van der Waals surface area contributed by atoms with Gasteiger partial charge in [0, 0.05) is 5.56 Å². The summed E-state index contributed by atoms with van der Waals surface area (Å²) in [7, 11) is 0. The van der Waals surface area contributed by atoms with Crippen molar-refractivity contribution in [3.63, 3.8) is 0 Å². The Kier molecular flexibility index (Phi) is 4.62. The first-order chi connectivity index (χ1) is 7.59. The molecule has 6 nitrogen and oxygen atoms in total. The molecule has 0 saturated carbocycles. The van der Waals surface area contributed by atoms with E-state index in [-0.39, 0.29) is 11.8 Å². The van der Waals surface area contributed by atoms with Crippen molar-refractivity contribution in [1.29, 1.82) is 0 Å². The molecule has 4 N–H and O–H groups in total. The lowest BCUT2D eigenvalue weighted by molar-refractivity contribution is 0.0976.